The highest BCUT2D eigenvalue weighted by molar-refractivity contribution is 7.74. The Kier molecular flexibility index (Phi) is 7.95. The van der Waals surface area contributed by atoms with Crippen LogP contribution in [0.25, 0.3) is 0 Å². The van der Waals surface area contributed by atoms with Crippen LogP contribution in [0, 0.1) is 0 Å². The minimum Gasteiger partial charge on any atom is -0.497 e. The van der Waals surface area contributed by atoms with Crippen molar-refractivity contribution < 1.29 is 26.7 Å². The van der Waals surface area contributed by atoms with E-state index in [-0.39, 0.29) is 5.16 Å². The Labute approximate surface area is 153 Å². The quantitative estimate of drug-likeness (QED) is 0.417. The van der Waals surface area contributed by atoms with Gasteiger partial charge in [-0.3, -0.25) is 0 Å². The summed E-state index contributed by atoms with van der Waals surface area (Å²) in [6.45, 7) is 6.95. The van der Waals surface area contributed by atoms with Gasteiger partial charge in [0.15, 0.2) is 0 Å². The summed E-state index contributed by atoms with van der Waals surface area (Å²) in [5.74, 6) is 1.81. The summed E-state index contributed by atoms with van der Waals surface area (Å²) in [5.41, 5.74) is 0. The van der Waals surface area contributed by atoms with E-state index < -0.39 is 15.2 Å². The first-order valence-electron chi connectivity index (χ1n) is 7.99. The van der Waals surface area contributed by atoms with E-state index in [0.29, 0.717) is 0 Å². The van der Waals surface area contributed by atoms with Gasteiger partial charge in [0.25, 0.3) is 0 Å². The molecule has 0 amide bonds. The molecule has 26 heavy (non-hydrogen) atoms. The fraction of sp³-hybridized carbons (Fsp3) is 0.333. The standard InChI is InChI=1S/C18H23O2P.BF4/c1-18(2,3)21(16-10-6-14(19-4)7-11-16)17-12-8-15(20-5)9-13-17;2-1(3,4)5/h6-13H,1-5H3;/q;-1/p+1. The van der Waals surface area contributed by atoms with E-state index in [1.165, 1.54) is 10.6 Å². The molecule has 2 nitrogen and oxygen atoms in total. The van der Waals surface area contributed by atoms with E-state index in [9.17, 15) is 17.3 Å². The van der Waals surface area contributed by atoms with Gasteiger partial charge in [-0.15, -0.1) is 0 Å². The van der Waals surface area contributed by atoms with Gasteiger partial charge >= 0.3 is 7.25 Å². The van der Waals surface area contributed by atoms with Crippen molar-refractivity contribution in [2.75, 3.05) is 14.2 Å². The molecule has 0 aliphatic carbocycles. The van der Waals surface area contributed by atoms with Gasteiger partial charge in [-0.2, -0.15) is 0 Å². The fourth-order valence-corrected chi connectivity index (χ4v) is 5.61. The fourth-order valence-electron chi connectivity index (χ4n) is 2.55. The number of hydrogen-bond acceptors (Lipinski definition) is 2. The highest BCUT2D eigenvalue weighted by Crippen LogP contribution is 2.47. The number of methoxy groups -OCH3 is 2. The molecule has 0 bridgehead atoms. The molecule has 0 saturated heterocycles. The second kappa shape index (κ2) is 9.27. The van der Waals surface area contributed by atoms with Crippen molar-refractivity contribution in [2.45, 2.75) is 25.9 Å². The zero-order valence-electron chi connectivity index (χ0n) is 15.5. The van der Waals surface area contributed by atoms with Gasteiger partial charge in [-0.05, 0) is 69.3 Å². The van der Waals surface area contributed by atoms with Crippen LogP contribution in [0.5, 0.6) is 11.5 Å². The molecule has 8 heteroatoms. The topological polar surface area (TPSA) is 18.5 Å². The maximum atomic E-state index is 9.75. The summed E-state index contributed by atoms with van der Waals surface area (Å²) in [6, 6.07) is 17.0. The Hall–Kier alpha value is -1.75. The lowest BCUT2D eigenvalue weighted by molar-refractivity contribution is 0.368. The van der Waals surface area contributed by atoms with Gasteiger partial charge in [0.2, 0.25) is 0 Å². The van der Waals surface area contributed by atoms with Gasteiger partial charge < -0.3 is 26.7 Å². The summed E-state index contributed by atoms with van der Waals surface area (Å²) < 4.78 is 49.5. The second-order valence-electron chi connectivity index (χ2n) is 6.58. The van der Waals surface area contributed by atoms with Gasteiger partial charge in [0.05, 0.1) is 37.9 Å². The van der Waals surface area contributed by atoms with Crippen molar-refractivity contribution >= 4 is 25.8 Å². The van der Waals surface area contributed by atoms with E-state index in [2.05, 4.69) is 69.3 Å². The van der Waals surface area contributed by atoms with Crippen LogP contribution in [-0.4, -0.2) is 26.6 Å². The maximum absolute atomic E-state index is 9.75. The Morgan fingerprint density at radius 1 is 0.692 bits per heavy atom. The molecule has 0 aromatic heterocycles. The summed E-state index contributed by atoms with van der Waals surface area (Å²) >= 11 is 0. The first-order valence-corrected chi connectivity index (χ1v) is 9.49. The number of ether oxygens (including phenoxy) is 2. The molecule has 0 radical (unpaired) electrons. The minimum absolute atomic E-state index is 0.230. The molecule has 0 atom stereocenters. The normalized spacial score (nSPS) is 11.6. The molecule has 2 aromatic rings. The Morgan fingerprint density at radius 2 is 0.962 bits per heavy atom. The lowest BCUT2D eigenvalue weighted by Crippen LogP contribution is -2.26. The minimum atomic E-state index is -6.00. The molecule has 0 aliphatic heterocycles. The Bertz CT molecular complexity index is 614. The summed E-state index contributed by atoms with van der Waals surface area (Å²) in [7, 11) is -3.47. The van der Waals surface area contributed by atoms with Crippen LogP contribution >= 0.6 is 7.92 Å². The molecule has 0 aliphatic rings. The highest BCUT2D eigenvalue weighted by atomic mass is 31.1. The van der Waals surface area contributed by atoms with E-state index in [4.69, 9.17) is 9.47 Å². The predicted molar refractivity (Wildman–Crippen MR) is 104 cm³/mol. The van der Waals surface area contributed by atoms with Crippen LogP contribution in [0.2, 0.25) is 0 Å². The van der Waals surface area contributed by atoms with Crippen LogP contribution in [0.3, 0.4) is 0 Å². The van der Waals surface area contributed by atoms with Gasteiger partial charge in [0.1, 0.15) is 11.5 Å². The third kappa shape index (κ3) is 7.65. The molecule has 0 spiro atoms. The Morgan fingerprint density at radius 3 is 1.15 bits per heavy atom. The number of benzene rings is 2. The van der Waals surface area contributed by atoms with E-state index >= 15 is 0 Å². The monoisotopic (exact) mass is 390 g/mol. The van der Waals surface area contributed by atoms with E-state index in [0.717, 1.165) is 11.5 Å². The second-order valence-corrected chi connectivity index (χ2v) is 9.98. The average Bonchev–Trinajstić information content (AvgIpc) is 2.53. The zero-order chi connectivity index (χ0) is 20.0. The van der Waals surface area contributed by atoms with Crippen molar-refractivity contribution in [2.24, 2.45) is 0 Å². The number of halogens is 4. The third-order valence-corrected chi connectivity index (χ3v) is 6.83. The van der Waals surface area contributed by atoms with E-state index in [1.807, 2.05) is 0 Å². The zero-order valence-corrected chi connectivity index (χ0v) is 16.5. The molecule has 0 N–H and O–H groups in total. The van der Waals surface area contributed by atoms with Crippen LogP contribution in [0.4, 0.5) is 17.3 Å². The summed E-state index contributed by atoms with van der Waals surface area (Å²) in [4.78, 5) is 0. The maximum Gasteiger partial charge on any atom is 0.673 e. The summed E-state index contributed by atoms with van der Waals surface area (Å²) in [5, 5.41) is 3.03. The smallest absolute Gasteiger partial charge is 0.497 e. The molecular formula is C18H24BF4O2P. The lowest BCUT2D eigenvalue weighted by atomic mass is 10.2. The molecule has 0 unspecified atom stereocenters. The van der Waals surface area contributed by atoms with Gasteiger partial charge in [-0.25, -0.2) is 0 Å². The highest BCUT2D eigenvalue weighted by Gasteiger charge is 2.35. The van der Waals surface area contributed by atoms with Crippen molar-refractivity contribution in [1.82, 2.24) is 0 Å². The molecule has 0 fully saturated rings. The molecule has 0 heterocycles. The molecule has 144 valence electrons. The van der Waals surface area contributed by atoms with E-state index in [1.54, 1.807) is 14.2 Å². The van der Waals surface area contributed by atoms with Crippen molar-refractivity contribution in [3.05, 3.63) is 48.5 Å². The van der Waals surface area contributed by atoms with Crippen LogP contribution in [0.1, 0.15) is 20.8 Å². The van der Waals surface area contributed by atoms with Gasteiger partial charge in [-0.1, -0.05) is 0 Å². The third-order valence-electron chi connectivity index (χ3n) is 3.51. The molecule has 0 saturated carbocycles. The van der Waals surface area contributed by atoms with Crippen molar-refractivity contribution in [3.8, 4) is 11.5 Å². The average molecular weight is 390 g/mol. The first kappa shape index (κ1) is 22.3. The first-order chi connectivity index (χ1) is 12.0. The largest absolute Gasteiger partial charge is 0.673 e. The SMILES string of the molecule is COc1ccc([PH+](c2ccc(OC)cc2)C(C)(C)C)cc1.F[B-](F)(F)F. The van der Waals surface area contributed by atoms with Crippen LogP contribution in [0.15, 0.2) is 48.5 Å². The lowest BCUT2D eigenvalue weighted by Gasteiger charge is -2.24. The van der Waals surface area contributed by atoms with Crippen molar-refractivity contribution in [1.29, 1.82) is 0 Å². The summed E-state index contributed by atoms with van der Waals surface area (Å²) in [6.07, 6.45) is 0. The van der Waals surface area contributed by atoms with Crippen LogP contribution in [-0.2, 0) is 0 Å². The molecule has 2 aromatic carbocycles. The van der Waals surface area contributed by atoms with Crippen molar-refractivity contribution in [3.63, 3.8) is 0 Å². The number of rotatable bonds is 4. The predicted octanol–water partition coefficient (Wildman–Crippen LogP) is 4.97. The number of hydrogen-bond donors (Lipinski definition) is 0. The van der Waals surface area contributed by atoms with Crippen LogP contribution < -0.4 is 20.1 Å². The molecular weight excluding hydrogens is 366 g/mol. The van der Waals surface area contributed by atoms with Gasteiger partial charge in [0, 0.05) is 0 Å². The molecule has 2 rings (SSSR count). The Balaban J connectivity index is 0.000000597.